The average Bonchev–Trinajstić information content (AvgIpc) is 3.21. The number of hydrogen-bond acceptors (Lipinski definition) is 4. The molecule has 0 aromatic heterocycles. The predicted octanol–water partition coefficient (Wildman–Crippen LogP) is 3.77. The van der Waals surface area contributed by atoms with Gasteiger partial charge in [0, 0.05) is 25.6 Å². The lowest BCUT2D eigenvalue weighted by Crippen LogP contribution is -2.55. The summed E-state index contributed by atoms with van der Waals surface area (Å²) < 4.78 is 44.6. The Kier molecular flexibility index (Phi) is 9.04. The van der Waals surface area contributed by atoms with Crippen LogP contribution in [-0.4, -0.2) is 48.0 Å². The number of hydrogen-bond donors (Lipinski definition) is 2. The predicted molar refractivity (Wildman–Crippen MR) is 121 cm³/mol. The van der Waals surface area contributed by atoms with E-state index in [2.05, 4.69) is 5.32 Å². The number of carbonyl (C=O) groups excluding carboxylic acids is 2. The minimum Gasteiger partial charge on any atom is -0.489 e. The fraction of sp³-hybridized carbons (Fsp3) is 0.652. The van der Waals surface area contributed by atoms with Gasteiger partial charge in [-0.1, -0.05) is 6.07 Å². The van der Waals surface area contributed by atoms with E-state index in [0.717, 1.165) is 37.8 Å². The Morgan fingerprint density at radius 2 is 1.82 bits per heavy atom. The minimum absolute atomic E-state index is 0. The van der Waals surface area contributed by atoms with E-state index in [1.165, 1.54) is 12.1 Å². The molecule has 10 heteroatoms. The van der Waals surface area contributed by atoms with Gasteiger partial charge in [-0.15, -0.1) is 12.4 Å². The first kappa shape index (κ1) is 27.2. The highest BCUT2D eigenvalue weighted by atomic mass is 35.5. The van der Waals surface area contributed by atoms with E-state index >= 15 is 0 Å². The quantitative estimate of drug-likeness (QED) is 0.608. The van der Waals surface area contributed by atoms with Crippen LogP contribution in [0, 0.1) is 11.8 Å². The van der Waals surface area contributed by atoms with E-state index in [4.69, 9.17) is 10.5 Å². The summed E-state index contributed by atoms with van der Waals surface area (Å²) in [5.41, 5.74) is 3.86. The Morgan fingerprint density at radius 1 is 1.15 bits per heavy atom. The van der Waals surface area contributed by atoms with Crippen molar-refractivity contribution >= 4 is 24.2 Å². The first-order valence-electron chi connectivity index (χ1n) is 11.1. The lowest BCUT2D eigenvalue weighted by Gasteiger charge is -2.35. The van der Waals surface area contributed by atoms with E-state index in [1.807, 2.05) is 18.7 Å². The van der Waals surface area contributed by atoms with E-state index < -0.39 is 17.3 Å². The first-order chi connectivity index (χ1) is 15.0. The van der Waals surface area contributed by atoms with Crippen LogP contribution in [0.1, 0.15) is 51.5 Å². The summed E-state index contributed by atoms with van der Waals surface area (Å²) in [5, 5.41) is 3.04. The van der Waals surface area contributed by atoms with Crippen molar-refractivity contribution in [3.05, 3.63) is 29.8 Å². The van der Waals surface area contributed by atoms with Crippen molar-refractivity contribution in [3.63, 3.8) is 0 Å². The fourth-order valence-electron chi connectivity index (χ4n) is 4.52. The number of amides is 2. The van der Waals surface area contributed by atoms with Crippen molar-refractivity contribution in [1.29, 1.82) is 0 Å². The van der Waals surface area contributed by atoms with Crippen LogP contribution in [0.25, 0.3) is 0 Å². The number of alkyl halides is 3. The highest BCUT2D eigenvalue weighted by molar-refractivity contribution is 5.85. The zero-order valence-electron chi connectivity index (χ0n) is 19.0. The average molecular weight is 492 g/mol. The van der Waals surface area contributed by atoms with E-state index in [9.17, 15) is 22.8 Å². The third-order valence-corrected chi connectivity index (χ3v) is 6.76. The Morgan fingerprint density at radius 3 is 2.42 bits per heavy atom. The molecule has 2 amide bonds. The molecule has 1 aromatic carbocycles. The summed E-state index contributed by atoms with van der Waals surface area (Å²) in [4.78, 5) is 26.2. The number of halogens is 4. The van der Waals surface area contributed by atoms with E-state index in [1.54, 1.807) is 0 Å². The standard InChI is InChI=1S/C23H32F3N3O3.ClH/c1-22(2,21(31)28-13-15-6-8-16(9-7-15)20(27)30)29-11-10-19(14-29)32-18-5-3-4-17(12-18)23(24,25)26;/h3-5,12,15-16,19H,6-11,13-14H2,1-2H3,(H2,27,30)(H,28,31);1H/t15?,16?,19-;/m1./s1. The van der Waals surface area contributed by atoms with Crippen LogP contribution < -0.4 is 15.8 Å². The van der Waals surface area contributed by atoms with E-state index in [-0.39, 0.29) is 42.0 Å². The molecule has 33 heavy (non-hydrogen) atoms. The number of primary amides is 1. The second kappa shape index (κ2) is 11.0. The SMILES string of the molecule is CC(C)(C(=O)NCC1CCC(C(N)=O)CC1)N1CC[C@@H](Oc2cccc(C(F)(F)F)c2)C1.Cl. The number of carbonyl (C=O) groups is 2. The maximum absolute atomic E-state index is 12.9. The normalized spacial score (nSPS) is 24.1. The molecular formula is C23H33ClF3N3O3. The van der Waals surface area contributed by atoms with Crippen LogP contribution in [0.3, 0.4) is 0 Å². The summed E-state index contributed by atoms with van der Waals surface area (Å²) in [6.45, 7) is 5.33. The maximum Gasteiger partial charge on any atom is 0.416 e. The molecule has 186 valence electrons. The first-order valence-corrected chi connectivity index (χ1v) is 11.1. The molecule has 6 nitrogen and oxygen atoms in total. The van der Waals surface area contributed by atoms with Crippen molar-refractivity contribution in [2.75, 3.05) is 19.6 Å². The second-order valence-electron chi connectivity index (χ2n) is 9.39. The summed E-state index contributed by atoms with van der Waals surface area (Å²) in [7, 11) is 0. The molecule has 1 aliphatic heterocycles. The van der Waals surface area contributed by atoms with Crippen LogP contribution in [0.15, 0.2) is 24.3 Å². The van der Waals surface area contributed by atoms with Crippen LogP contribution in [-0.2, 0) is 15.8 Å². The molecule has 3 N–H and O–H groups in total. The summed E-state index contributed by atoms with van der Waals surface area (Å²) in [5.74, 6) is 0.122. The van der Waals surface area contributed by atoms with Gasteiger partial charge in [0.2, 0.25) is 11.8 Å². The Balaban J connectivity index is 0.00000385. The molecule has 3 rings (SSSR count). The molecule has 1 heterocycles. The van der Waals surface area contributed by atoms with E-state index in [0.29, 0.717) is 32.0 Å². The number of ether oxygens (including phenoxy) is 1. The second-order valence-corrected chi connectivity index (χ2v) is 9.39. The Labute approximate surface area is 198 Å². The molecule has 2 aliphatic rings. The third-order valence-electron chi connectivity index (χ3n) is 6.76. The zero-order valence-corrected chi connectivity index (χ0v) is 19.8. The molecule has 2 fully saturated rings. The number of nitrogens with two attached hydrogens (primary N) is 1. The van der Waals surface area contributed by atoms with Crippen LogP contribution >= 0.6 is 12.4 Å². The lowest BCUT2D eigenvalue weighted by atomic mass is 9.81. The summed E-state index contributed by atoms with van der Waals surface area (Å²) >= 11 is 0. The summed E-state index contributed by atoms with van der Waals surface area (Å²) in [6, 6.07) is 4.87. The molecule has 1 aromatic rings. The number of likely N-dealkylation sites (tertiary alicyclic amines) is 1. The van der Waals surface area contributed by atoms with Gasteiger partial charge >= 0.3 is 6.18 Å². The number of nitrogens with zero attached hydrogens (tertiary/aromatic N) is 1. The minimum atomic E-state index is -4.42. The molecule has 0 spiro atoms. The Bertz CT molecular complexity index is 827. The molecule has 0 bridgehead atoms. The van der Waals surface area contributed by atoms with Crippen LogP contribution in [0.4, 0.5) is 13.2 Å². The van der Waals surface area contributed by atoms with Crippen molar-refractivity contribution in [2.24, 2.45) is 17.6 Å². The van der Waals surface area contributed by atoms with Crippen molar-refractivity contribution in [2.45, 2.75) is 63.8 Å². The van der Waals surface area contributed by atoms with Gasteiger partial charge in [0.15, 0.2) is 0 Å². The van der Waals surface area contributed by atoms with Crippen LogP contribution in [0.2, 0.25) is 0 Å². The van der Waals surface area contributed by atoms with Gasteiger partial charge < -0.3 is 15.8 Å². The maximum atomic E-state index is 12.9. The van der Waals surface area contributed by atoms with Gasteiger partial charge in [0.25, 0.3) is 0 Å². The topological polar surface area (TPSA) is 84.7 Å². The van der Waals surface area contributed by atoms with Gasteiger partial charge in [-0.3, -0.25) is 14.5 Å². The lowest BCUT2D eigenvalue weighted by molar-refractivity contribution is -0.137. The van der Waals surface area contributed by atoms with Gasteiger partial charge in [0.05, 0.1) is 11.1 Å². The highest BCUT2D eigenvalue weighted by Gasteiger charge is 2.40. The highest BCUT2D eigenvalue weighted by Crippen LogP contribution is 2.33. The molecule has 1 saturated carbocycles. The zero-order chi connectivity index (χ0) is 23.5. The van der Waals surface area contributed by atoms with Crippen molar-refractivity contribution < 1.29 is 27.5 Å². The molecule has 1 aliphatic carbocycles. The number of rotatable bonds is 7. The van der Waals surface area contributed by atoms with Gasteiger partial charge in [-0.2, -0.15) is 13.2 Å². The number of benzene rings is 1. The largest absolute Gasteiger partial charge is 0.489 e. The fourth-order valence-corrected chi connectivity index (χ4v) is 4.52. The Hall–Kier alpha value is -2.00. The third kappa shape index (κ3) is 6.99. The van der Waals surface area contributed by atoms with Crippen molar-refractivity contribution in [3.8, 4) is 5.75 Å². The number of nitrogens with one attached hydrogen (secondary N) is 1. The molecule has 0 radical (unpaired) electrons. The van der Waals surface area contributed by atoms with Crippen LogP contribution in [0.5, 0.6) is 5.75 Å². The van der Waals surface area contributed by atoms with Gasteiger partial charge in [0.1, 0.15) is 11.9 Å². The monoisotopic (exact) mass is 491 g/mol. The van der Waals surface area contributed by atoms with Gasteiger partial charge in [-0.25, -0.2) is 0 Å². The smallest absolute Gasteiger partial charge is 0.416 e. The summed E-state index contributed by atoms with van der Waals surface area (Å²) in [6.07, 6.45) is -0.810. The molecule has 1 saturated heterocycles. The molecular weight excluding hydrogens is 459 g/mol. The van der Waals surface area contributed by atoms with Gasteiger partial charge in [-0.05, 0) is 70.1 Å². The molecule has 1 atom stereocenters. The van der Waals surface area contributed by atoms with Crippen molar-refractivity contribution in [1.82, 2.24) is 10.2 Å². The molecule has 0 unspecified atom stereocenters.